The number of benzene rings is 1. The van der Waals surface area contributed by atoms with Crippen LogP contribution in [0, 0.1) is 0 Å². The summed E-state index contributed by atoms with van der Waals surface area (Å²) in [5, 5.41) is 3.31. The van der Waals surface area contributed by atoms with Crippen molar-refractivity contribution in [1.29, 1.82) is 0 Å². The van der Waals surface area contributed by atoms with Crippen LogP contribution < -0.4 is 5.32 Å². The van der Waals surface area contributed by atoms with Gasteiger partial charge in [-0.1, -0.05) is 30.3 Å². The first kappa shape index (κ1) is 14.2. The second kappa shape index (κ2) is 8.07. The van der Waals surface area contributed by atoms with Gasteiger partial charge in [-0.25, -0.2) is 4.79 Å². The van der Waals surface area contributed by atoms with Gasteiger partial charge in [0, 0.05) is 18.9 Å². The summed E-state index contributed by atoms with van der Waals surface area (Å²) in [7, 11) is 0. The van der Waals surface area contributed by atoms with Crippen molar-refractivity contribution >= 4 is 5.97 Å². The molecule has 104 valence electrons. The van der Waals surface area contributed by atoms with Crippen molar-refractivity contribution in [3.05, 3.63) is 66.0 Å². The Labute approximate surface area is 118 Å². The van der Waals surface area contributed by atoms with Crippen LogP contribution in [0.5, 0.6) is 0 Å². The Hall–Kier alpha value is -2.20. The van der Waals surface area contributed by atoms with Crippen LogP contribution in [0.2, 0.25) is 0 Å². The Balaban J connectivity index is 1.57. The highest BCUT2D eigenvalue weighted by Gasteiger charge is 2.05. The van der Waals surface area contributed by atoms with Gasteiger partial charge in [0.15, 0.2) is 0 Å². The monoisotopic (exact) mass is 270 g/mol. The van der Waals surface area contributed by atoms with Gasteiger partial charge in [-0.15, -0.1) is 0 Å². The zero-order valence-electron chi connectivity index (χ0n) is 11.3. The van der Waals surface area contributed by atoms with E-state index in [4.69, 9.17) is 4.74 Å². The molecule has 0 aliphatic heterocycles. The SMILES string of the molecule is O=C(OCCCNCc1ccccc1)c1ccncc1. The minimum absolute atomic E-state index is 0.296. The van der Waals surface area contributed by atoms with Gasteiger partial charge in [0.2, 0.25) is 0 Å². The first-order chi connectivity index (χ1) is 9.86. The lowest BCUT2D eigenvalue weighted by Crippen LogP contribution is -2.17. The van der Waals surface area contributed by atoms with Crippen molar-refractivity contribution in [1.82, 2.24) is 10.3 Å². The molecule has 0 fully saturated rings. The minimum atomic E-state index is -0.296. The van der Waals surface area contributed by atoms with Gasteiger partial charge in [0.1, 0.15) is 0 Å². The average Bonchev–Trinajstić information content (AvgIpc) is 2.52. The molecule has 4 heteroatoms. The summed E-state index contributed by atoms with van der Waals surface area (Å²) in [6, 6.07) is 13.5. The van der Waals surface area contributed by atoms with Gasteiger partial charge >= 0.3 is 5.97 Å². The van der Waals surface area contributed by atoms with Gasteiger partial charge in [-0.2, -0.15) is 0 Å². The zero-order chi connectivity index (χ0) is 14.0. The number of esters is 1. The van der Waals surface area contributed by atoms with Crippen LogP contribution >= 0.6 is 0 Å². The molecule has 1 aromatic heterocycles. The van der Waals surface area contributed by atoms with Crippen molar-refractivity contribution in [2.75, 3.05) is 13.2 Å². The van der Waals surface area contributed by atoms with E-state index in [0.29, 0.717) is 12.2 Å². The fraction of sp³-hybridized carbons (Fsp3) is 0.250. The number of nitrogens with zero attached hydrogens (tertiary/aromatic N) is 1. The van der Waals surface area contributed by atoms with Crippen LogP contribution in [0.4, 0.5) is 0 Å². The zero-order valence-corrected chi connectivity index (χ0v) is 11.3. The van der Waals surface area contributed by atoms with Crippen LogP contribution in [0.25, 0.3) is 0 Å². The lowest BCUT2D eigenvalue weighted by atomic mass is 10.2. The molecule has 1 N–H and O–H groups in total. The third-order valence-electron chi connectivity index (χ3n) is 2.82. The van der Waals surface area contributed by atoms with Gasteiger partial charge in [0.25, 0.3) is 0 Å². The summed E-state index contributed by atoms with van der Waals surface area (Å²) in [6.45, 7) is 2.07. The predicted octanol–water partition coefficient (Wildman–Crippen LogP) is 2.42. The predicted molar refractivity (Wildman–Crippen MR) is 77.3 cm³/mol. The first-order valence-electron chi connectivity index (χ1n) is 6.68. The Morgan fingerprint density at radius 1 is 1.10 bits per heavy atom. The van der Waals surface area contributed by atoms with Gasteiger partial charge in [-0.3, -0.25) is 4.98 Å². The molecule has 20 heavy (non-hydrogen) atoms. The quantitative estimate of drug-likeness (QED) is 0.620. The van der Waals surface area contributed by atoms with E-state index in [-0.39, 0.29) is 5.97 Å². The molecule has 0 saturated carbocycles. The molecular weight excluding hydrogens is 252 g/mol. The largest absolute Gasteiger partial charge is 0.462 e. The van der Waals surface area contributed by atoms with Crippen molar-refractivity contribution in [2.45, 2.75) is 13.0 Å². The molecule has 0 saturated heterocycles. The maximum absolute atomic E-state index is 11.6. The molecule has 0 aliphatic rings. The Morgan fingerprint density at radius 2 is 1.85 bits per heavy atom. The number of ether oxygens (including phenoxy) is 1. The Kier molecular flexibility index (Phi) is 5.73. The van der Waals surface area contributed by atoms with E-state index in [1.165, 1.54) is 5.56 Å². The smallest absolute Gasteiger partial charge is 0.338 e. The molecule has 0 amide bonds. The second-order valence-electron chi connectivity index (χ2n) is 4.39. The molecule has 0 bridgehead atoms. The van der Waals surface area contributed by atoms with E-state index >= 15 is 0 Å². The molecule has 2 aromatic rings. The number of hydrogen-bond donors (Lipinski definition) is 1. The molecular formula is C16H18N2O2. The highest BCUT2D eigenvalue weighted by atomic mass is 16.5. The van der Waals surface area contributed by atoms with Crippen LogP contribution in [-0.4, -0.2) is 24.1 Å². The molecule has 0 spiro atoms. The Bertz CT molecular complexity index is 515. The lowest BCUT2D eigenvalue weighted by Gasteiger charge is -2.06. The lowest BCUT2D eigenvalue weighted by molar-refractivity contribution is 0.0500. The van der Waals surface area contributed by atoms with Gasteiger partial charge in [0.05, 0.1) is 12.2 Å². The van der Waals surface area contributed by atoms with Crippen LogP contribution in [-0.2, 0) is 11.3 Å². The summed E-state index contributed by atoms with van der Waals surface area (Å²) in [6.07, 6.45) is 3.96. The Morgan fingerprint density at radius 3 is 2.60 bits per heavy atom. The summed E-state index contributed by atoms with van der Waals surface area (Å²) in [4.78, 5) is 15.5. The van der Waals surface area contributed by atoms with E-state index in [2.05, 4.69) is 22.4 Å². The number of nitrogens with one attached hydrogen (secondary N) is 1. The number of carbonyl (C=O) groups is 1. The highest BCUT2D eigenvalue weighted by molar-refractivity contribution is 5.89. The molecule has 1 heterocycles. The summed E-state index contributed by atoms with van der Waals surface area (Å²) >= 11 is 0. The highest BCUT2D eigenvalue weighted by Crippen LogP contribution is 2.00. The number of pyridine rings is 1. The van der Waals surface area contributed by atoms with E-state index < -0.39 is 0 Å². The van der Waals surface area contributed by atoms with Crippen LogP contribution in [0.15, 0.2) is 54.9 Å². The van der Waals surface area contributed by atoms with Crippen LogP contribution in [0.3, 0.4) is 0 Å². The number of rotatable bonds is 7. The molecule has 4 nitrogen and oxygen atoms in total. The summed E-state index contributed by atoms with van der Waals surface area (Å²) < 4.78 is 5.17. The number of aromatic nitrogens is 1. The fourth-order valence-corrected chi connectivity index (χ4v) is 1.76. The maximum atomic E-state index is 11.6. The normalized spacial score (nSPS) is 10.2. The second-order valence-corrected chi connectivity index (χ2v) is 4.39. The summed E-state index contributed by atoms with van der Waals surface area (Å²) in [5.41, 5.74) is 1.79. The van der Waals surface area contributed by atoms with Crippen molar-refractivity contribution in [3.63, 3.8) is 0 Å². The van der Waals surface area contributed by atoms with E-state index in [9.17, 15) is 4.79 Å². The minimum Gasteiger partial charge on any atom is -0.462 e. The standard InChI is InChI=1S/C16H18N2O2/c19-16(15-7-10-17-11-8-15)20-12-4-9-18-13-14-5-2-1-3-6-14/h1-3,5-8,10-11,18H,4,9,12-13H2. The number of hydrogen-bond acceptors (Lipinski definition) is 4. The topological polar surface area (TPSA) is 51.2 Å². The number of carbonyl (C=O) groups excluding carboxylic acids is 1. The van der Waals surface area contributed by atoms with Crippen molar-refractivity contribution < 1.29 is 9.53 Å². The molecule has 0 atom stereocenters. The molecule has 0 unspecified atom stereocenters. The third kappa shape index (κ3) is 4.82. The molecule has 0 aliphatic carbocycles. The van der Waals surface area contributed by atoms with E-state index in [0.717, 1.165) is 19.5 Å². The third-order valence-corrected chi connectivity index (χ3v) is 2.82. The van der Waals surface area contributed by atoms with E-state index in [1.807, 2.05) is 18.2 Å². The van der Waals surface area contributed by atoms with E-state index in [1.54, 1.807) is 24.5 Å². The summed E-state index contributed by atoms with van der Waals surface area (Å²) in [5.74, 6) is -0.296. The molecule has 2 rings (SSSR count). The van der Waals surface area contributed by atoms with Gasteiger partial charge in [-0.05, 0) is 30.7 Å². The van der Waals surface area contributed by atoms with Crippen LogP contribution in [0.1, 0.15) is 22.3 Å². The molecule has 1 aromatic carbocycles. The average molecular weight is 270 g/mol. The first-order valence-corrected chi connectivity index (χ1v) is 6.68. The van der Waals surface area contributed by atoms with Crippen molar-refractivity contribution in [3.8, 4) is 0 Å². The fourth-order valence-electron chi connectivity index (χ4n) is 1.76. The molecule has 0 radical (unpaired) electrons. The van der Waals surface area contributed by atoms with Gasteiger partial charge < -0.3 is 10.1 Å². The maximum Gasteiger partial charge on any atom is 0.338 e. The van der Waals surface area contributed by atoms with Crippen molar-refractivity contribution in [2.24, 2.45) is 0 Å².